The molecule has 0 atom stereocenters. The minimum Gasteiger partial charge on any atom is -0.353 e. The molecule has 0 spiro atoms. The average molecular weight is 332 g/mol. The number of halogens is 4. The summed E-state index contributed by atoms with van der Waals surface area (Å²) in [5, 5.41) is 2.67. The molecule has 0 saturated carbocycles. The van der Waals surface area contributed by atoms with Crippen molar-refractivity contribution in [1.82, 2.24) is 10.2 Å². The maximum Gasteiger partial charge on any atom is 0.471 e. The van der Waals surface area contributed by atoms with Crippen LogP contribution in [0, 0.1) is 5.82 Å². The van der Waals surface area contributed by atoms with E-state index in [2.05, 4.69) is 5.32 Å². The Morgan fingerprint density at radius 3 is 2.35 bits per heavy atom. The summed E-state index contributed by atoms with van der Waals surface area (Å²) in [5.74, 6) is -2.72. The monoisotopic (exact) mass is 332 g/mol. The predicted octanol–water partition coefficient (Wildman–Crippen LogP) is 2.04. The molecule has 2 amide bonds. The van der Waals surface area contributed by atoms with Gasteiger partial charge in [-0.3, -0.25) is 9.59 Å². The Hall–Kier alpha value is -2.12. The number of carbonyl (C=O) groups is 2. The second-order valence-corrected chi connectivity index (χ2v) is 5.40. The third-order valence-electron chi connectivity index (χ3n) is 3.70. The highest BCUT2D eigenvalue weighted by Crippen LogP contribution is 2.21. The average Bonchev–Trinajstić information content (AvgIpc) is 2.49. The van der Waals surface area contributed by atoms with Crippen molar-refractivity contribution in [2.24, 2.45) is 0 Å². The fourth-order valence-electron chi connectivity index (χ4n) is 2.50. The lowest BCUT2D eigenvalue weighted by Gasteiger charge is -2.32. The molecule has 4 nitrogen and oxygen atoms in total. The van der Waals surface area contributed by atoms with Crippen molar-refractivity contribution in [3.63, 3.8) is 0 Å². The summed E-state index contributed by atoms with van der Waals surface area (Å²) in [5.41, 5.74) is 0.259. The molecule has 1 aromatic carbocycles. The van der Waals surface area contributed by atoms with Crippen LogP contribution in [0.15, 0.2) is 24.3 Å². The van der Waals surface area contributed by atoms with Gasteiger partial charge in [0.2, 0.25) is 5.91 Å². The van der Waals surface area contributed by atoms with E-state index < -0.39 is 23.8 Å². The number of hydrogen-bond acceptors (Lipinski definition) is 2. The van der Waals surface area contributed by atoms with Gasteiger partial charge in [-0.2, -0.15) is 13.2 Å². The Kier molecular flexibility index (Phi) is 5.23. The van der Waals surface area contributed by atoms with Gasteiger partial charge in [-0.1, -0.05) is 18.2 Å². The minimum atomic E-state index is -4.87. The molecule has 1 aromatic rings. The standard InChI is InChI=1S/C15H16F4N2O2/c16-12-4-2-1-3-10(12)9-13(22)20-11-5-7-21(8-6-11)14(23)15(17,18)19/h1-4,11H,5-9H2,(H,20,22). The molecule has 0 radical (unpaired) electrons. The first-order valence-corrected chi connectivity index (χ1v) is 7.16. The molecule has 0 unspecified atom stereocenters. The van der Waals surface area contributed by atoms with Crippen molar-refractivity contribution in [1.29, 1.82) is 0 Å². The molecule has 1 heterocycles. The third kappa shape index (κ3) is 4.67. The van der Waals surface area contributed by atoms with Gasteiger partial charge >= 0.3 is 12.1 Å². The van der Waals surface area contributed by atoms with Crippen molar-refractivity contribution < 1.29 is 27.2 Å². The maximum absolute atomic E-state index is 13.4. The smallest absolute Gasteiger partial charge is 0.353 e. The fraction of sp³-hybridized carbons (Fsp3) is 0.467. The van der Waals surface area contributed by atoms with Crippen LogP contribution >= 0.6 is 0 Å². The molecule has 2 rings (SSSR count). The Morgan fingerprint density at radius 2 is 1.78 bits per heavy atom. The zero-order valence-electron chi connectivity index (χ0n) is 12.2. The van der Waals surface area contributed by atoms with E-state index in [0.717, 1.165) is 4.90 Å². The highest BCUT2D eigenvalue weighted by atomic mass is 19.4. The van der Waals surface area contributed by atoms with Crippen LogP contribution in [0.1, 0.15) is 18.4 Å². The molecule has 0 bridgehead atoms. The molecular weight excluding hydrogens is 316 g/mol. The van der Waals surface area contributed by atoms with Crippen molar-refractivity contribution in [3.8, 4) is 0 Å². The number of piperidine rings is 1. The summed E-state index contributed by atoms with van der Waals surface area (Å²) in [6.07, 6.45) is -4.52. The Labute approximate surface area is 130 Å². The summed E-state index contributed by atoms with van der Waals surface area (Å²) in [6.45, 7) is -0.133. The number of carbonyl (C=O) groups excluding carboxylic acids is 2. The second-order valence-electron chi connectivity index (χ2n) is 5.40. The van der Waals surface area contributed by atoms with Crippen LogP contribution in [-0.2, 0) is 16.0 Å². The summed E-state index contributed by atoms with van der Waals surface area (Å²) >= 11 is 0. The van der Waals surface area contributed by atoms with E-state index in [9.17, 15) is 27.2 Å². The largest absolute Gasteiger partial charge is 0.471 e. The van der Waals surface area contributed by atoms with E-state index in [-0.39, 0.29) is 44.0 Å². The second kappa shape index (κ2) is 6.97. The Morgan fingerprint density at radius 1 is 1.17 bits per heavy atom. The van der Waals surface area contributed by atoms with Crippen molar-refractivity contribution in [2.75, 3.05) is 13.1 Å². The Bertz CT molecular complexity index is 581. The Balaban J connectivity index is 1.81. The van der Waals surface area contributed by atoms with E-state index in [1.54, 1.807) is 6.07 Å². The fourth-order valence-corrected chi connectivity index (χ4v) is 2.50. The van der Waals surface area contributed by atoms with Crippen molar-refractivity contribution in [3.05, 3.63) is 35.6 Å². The number of nitrogens with one attached hydrogen (secondary N) is 1. The third-order valence-corrected chi connectivity index (χ3v) is 3.70. The van der Waals surface area contributed by atoms with E-state index in [0.29, 0.717) is 0 Å². The van der Waals surface area contributed by atoms with Gasteiger partial charge in [0.15, 0.2) is 0 Å². The topological polar surface area (TPSA) is 49.4 Å². The van der Waals surface area contributed by atoms with Crippen LogP contribution in [0.3, 0.4) is 0 Å². The SMILES string of the molecule is O=C(Cc1ccccc1F)NC1CCN(C(=O)C(F)(F)F)CC1. The lowest BCUT2D eigenvalue weighted by atomic mass is 10.0. The molecule has 1 saturated heterocycles. The highest BCUT2D eigenvalue weighted by Gasteiger charge is 2.43. The van der Waals surface area contributed by atoms with Gasteiger partial charge in [-0.25, -0.2) is 4.39 Å². The summed E-state index contributed by atoms with van der Waals surface area (Å²) < 4.78 is 50.4. The quantitative estimate of drug-likeness (QED) is 0.861. The number of likely N-dealkylation sites (tertiary alicyclic amines) is 1. The lowest BCUT2D eigenvalue weighted by Crippen LogP contribution is -2.50. The lowest BCUT2D eigenvalue weighted by molar-refractivity contribution is -0.186. The molecule has 126 valence electrons. The van der Waals surface area contributed by atoms with Crippen LogP contribution in [-0.4, -0.2) is 42.0 Å². The minimum absolute atomic E-state index is 0.0665. The number of nitrogens with zero attached hydrogens (tertiary/aromatic N) is 1. The summed E-state index contributed by atoms with van der Waals surface area (Å²) in [6, 6.07) is 5.58. The summed E-state index contributed by atoms with van der Waals surface area (Å²) in [4.78, 5) is 23.7. The zero-order chi connectivity index (χ0) is 17.0. The van der Waals surface area contributed by atoms with Crippen LogP contribution in [0.25, 0.3) is 0 Å². The molecule has 1 N–H and O–H groups in total. The van der Waals surface area contributed by atoms with Gasteiger partial charge in [0.25, 0.3) is 0 Å². The van der Waals surface area contributed by atoms with E-state index in [4.69, 9.17) is 0 Å². The normalized spacial score (nSPS) is 16.3. The van der Waals surface area contributed by atoms with Gasteiger partial charge in [-0.05, 0) is 24.5 Å². The van der Waals surface area contributed by atoms with Crippen molar-refractivity contribution >= 4 is 11.8 Å². The van der Waals surface area contributed by atoms with Crippen LogP contribution < -0.4 is 5.32 Å². The first-order chi connectivity index (χ1) is 10.8. The number of alkyl halides is 3. The molecule has 1 fully saturated rings. The van der Waals surface area contributed by atoms with Gasteiger partial charge in [0, 0.05) is 19.1 Å². The highest BCUT2D eigenvalue weighted by molar-refractivity contribution is 5.82. The molecule has 8 heteroatoms. The van der Waals surface area contributed by atoms with E-state index in [1.165, 1.54) is 18.2 Å². The number of hydrogen-bond donors (Lipinski definition) is 1. The van der Waals surface area contributed by atoms with Gasteiger partial charge < -0.3 is 10.2 Å². The number of amides is 2. The zero-order valence-corrected chi connectivity index (χ0v) is 12.2. The maximum atomic E-state index is 13.4. The van der Waals surface area contributed by atoms with Crippen LogP contribution in [0.2, 0.25) is 0 Å². The predicted molar refractivity (Wildman–Crippen MR) is 73.9 cm³/mol. The summed E-state index contributed by atoms with van der Waals surface area (Å²) in [7, 11) is 0. The molecule has 1 aliphatic rings. The van der Waals surface area contributed by atoms with Gasteiger partial charge in [0.1, 0.15) is 5.82 Å². The van der Waals surface area contributed by atoms with Gasteiger partial charge in [-0.15, -0.1) is 0 Å². The molecule has 23 heavy (non-hydrogen) atoms. The molecule has 0 aliphatic carbocycles. The van der Waals surface area contributed by atoms with E-state index >= 15 is 0 Å². The number of rotatable bonds is 3. The first-order valence-electron chi connectivity index (χ1n) is 7.16. The van der Waals surface area contributed by atoms with E-state index in [1.807, 2.05) is 0 Å². The molecular formula is C15H16F4N2O2. The van der Waals surface area contributed by atoms with Crippen LogP contribution in [0.5, 0.6) is 0 Å². The van der Waals surface area contributed by atoms with Crippen LogP contribution in [0.4, 0.5) is 17.6 Å². The molecule has 0 aromatic heterocycles. The first kappa shape index (κ1) is 17.2. The van der Waals surface area contributed by atoms with Gasteiger partial charge in [0.05, 0.1) is 6.42 Å². The molecule has 1 aliphatic heterocycles. The number of benzene rings is 1. The van der Waals surface area contributed by atoms with Crippen molar-refractivity contribution in [2.45, 2.75) is 31.5 Å².